The number of nitrogens with zero attached hydrogens (tertiary/aromatic N) is 1. The molecule has 1 aromatic rings. The van der Waals surface area contributed by atoms with Gasteiger partial charge in [0.15, 0.2) is 0 Å². The molecule has 0 spiro atoms. The minimum atomic E-state index is -0.822. The molecule has 0 aliphatic carbocycles. The standard InChI is InChI=1S/C20H26N2O5/c1-3-27-19(25)17-14(2)22(13-9-5-8-12-16(23)24)20(26)21-18(17)15-10-6-4-7-11-15/h4,6-7,10-11,18H,3,5,8-9,12-13H2,1-2H3,(H,21,26)(H,23,24). The topological polar surface area (TPSA) is 95.9 Å². The van der Waals surface area contributed by atoms with Gasteiger partial charge in [0.05, 0.1) is 18.2 Å². The molecule has 0 saturated heterocycles. The molecular formula is C20H26N2O5. The van der Waals surface area contributed by atoms with Crippen LogP contribution in [-0.4, -0.2) is 41.1 Å². The summed E-state index contributed by atoms with van der Waals surface area (Å²) in [5.41, 5.74) is 1.81. The molecule has 0 saturated carbocycles. The minimum absolute atomic E-state index is 0.116. The number of carbonyl (C=O) groups is 3. The maximum absolute atomic E-state index is 12.6. The van der Waals surface area contributed by atoms with E-state index in [4.69, 9.17) is 9.84 Å². The largest absolute Gasteiger partial charge is 0.481 e. The fourth-order valence-electron chi connectivity index (χ4n) is 3.14. The first kappa shape index (κ1) is 20.5. The second-order valence-corrected chi connectivity index (χ2v) is 6.37. The van der Waals surface area contributed by atoms with Crippen LogP contribution in [0.3, 0.4) is 0 Å². The SMILES string of the molecule is CCOC(=O)C1=C(C)N(CCCCCC(=O)O)C(=O)NC1c1ccccc1. The van der Waals surface area contributed by atoms with Gasteiger partial charge in [-0.25, -0.2) is 9.59 Å². The first-order valence-corrected chi connectivity index (χ1v) is 9.18. The van der Waals surface area contributed by atoms with Gasteiger partial charge >= 0.3 is 18.0 Å². The van der Waals surface area contributed by atoms with E-state index in [0.29, 0.717) is 37.1 Å². The number of allylic oxidation sites excluding steroid dienone is 1. The van der Waals surface area contributed by atoms with Gasteiger partial charge in [0.25, 0.3) is 0 Å². The molecule has 0 aromatic heterocycles. The van der Waals surface area contributed by atoms with Crippen LogP contribution in [0.25, 0.3) is 0 Å². The molecule has 1 aliphatic heterocycles. The van der Waals surface area contributed by atoms with Crippen LogP contribution in [0.15, 0.2) is 41.6 Å². The molecule has 1 heterocycles. The van der Waals surface area contributed by atoms with E-state index in [1.165, 1.54) is 4.90 Å². The smallest absolute Gasteiger partial charge is 0.338 e. The summed E-state index contributed by atoms with van der Waals surface area (Å²) in [6, 6.07) is 8.48. The van der Waals surface area contributed by atoms with E-state index in [1.807, 2.05) is 30.3 Å². The summed E-state index contributed by atoms with van der Waals surface area (Å²) < 4.78 is 5.22. The summed E-state index contributed by atoms with van der Waals surface area (Å²) in [4.78, 5) is 37.3. The van der Waals surface area contributed by atoms with Gasteiger partial charge in [0.2, 0.25) is 0 Å². The van der Waals surface area contributed by atoms with Crippen LogP contribution < -0.4 is 5.32 Å². The van der Waals surface area contributed by atoms with E-state index in [-0.39, 0.29) is 19.1 Å². The number of nitrogens with one attached hydrogen (secondary N) is 1. The lowest BCUT2D eigenvalue weighted by atomic mass is 9.95. The van der Waals surface area contributed by atoms with E-state index in [2.05, 4.69) is 5.32 Å². The maximum atomic E-state index is 12.6. The summed E-state index contributed by atoms with van der Waals surface area (Å²) in [5, 5.41) is 11.6. The average molecular weight is 374 g/mol. The van der Waals surface area contributed by atoms with E-state index in [0.717, 1.165) is 5.56 Å². The Morgan fingerprint density at radius 3 is 2.52 bits per heavy atom. The fourth-order valence-corrected chi connectivity index (χ4v) is 3.14. The highest BCUT2D eigenvalue weighted by molar-refractivity contribution is 5.95. The molecule has 1 unspecified atom stereocenters. The van der Waals surface area contributed by atoms with Gasteiger partial charge in [-0.05, 0) is 32.3 Å². The Hall–Kier alpha value is -2.83. The van der Waals surface area contributed by atoms with Crippen LogP contribution in [0.1, 0.15) is 51.1 Å². The van der Waals surface area contributed by atoms with Gasteiger partial charge < -0.3 is 15.2 Å². The lowest BCUT2D eigenvalue weighted by Gasteiger charge is -2.35. The molecule has 7 nitrogen and oxygen atoms in total. The van der Waals surface area contributed by atoms with Crippen molar-refractivity contribution in [3.05, 3.63) is 47.2 Å². The lowest BCUT2D eigenvalue weighted by Crippen LogP contribution is -2.48. The summed E-state index contributed by atoms with van der Waals surface area (Å²) in [6.07, 6.45) is 2.03. The van der Waals surface area contributed by atoms with Crippen LogP contribution >= 0.6 is 0 Å². The highest BCUT2D eigenvalue weighted by Crippen LogP contribution is 2.31. The number of amides is 2. The Bertz CT molecular complexity index is 714. The molecular weight excluding hydrogens is 348 g/mol. The number of urea groups is 1. The summed E-state index contributed by atoms with van der Waals surface area (Å²) >= 11 is 0. The average Bonchev–Trinajstić information content (AvgIpc) is 2.64. The van der Waals surface area contributed by atoms with Gasteiger partial charge in [0.1, 0.15) is 0 Å². The van der Waals surface area contributed by atoms with Crippen molar-refractivity contribution in [2.24, 2.45) is 0 Å². The third-order valence-electron chi connectivity index (χ3n) is 4.50. The van der Waals surface area contributed by atoms with Gasteiger partial charge in [-0.15, -0.1) is 0 Å². The third kappa shape index (κ3) is 5.32. The monoisotopic (exact) mass is 374 g/mol. The quantitative estimate of drug-likeness (QED) is 0.511. The maximum Gasteiger partial charge on any atom is 0.338 e. The fraction of sp³-hybridized carbons (Fsp3) is 0.450. The summed E-state index contributed by atoms with van der Waals surface area (Å²) in [6.45, 7) is 4.16. The Morgan fingerprint density at radius 1 is 1.19 bits per heavy atom. The van der Waals surface area contributed by atoms with Crippen molar-refractivity contribution in [2.75, 3.05) is 13.2 Å². The summed E-state index contributed by atoms with van der Waals surface area (Å²) in [5.74, 6) is -1.27. The Kier molecular flexibility index (Phi) is 7.40. The molecule has 0 fully saturated rings. The van der Waals surface area contributed by atoms with Gasteiger partial charge in [-0.1, -0.05) is 36.8 Å². The number of unbranched alkanes of at least 4 members (excludes halogenated alkanes) is 2. The molecule has 1 aromatic carbocycles. The molecule has 146 valence electrons. The van der Waals surface area contributed by atoms with Crippen molar-refractivity contribution in [3.8, 4) is 0 Å². The van der Waals surface area contributed by atoms with E-state index in [1.54, 1.807) is 13.8 Å². The zero-order valence-corrected chi connectivity index (χ0v) is 15.7. The molecule has 2 rings (SSSR count). The third-order valence-corrected chi connectivity index (χ3v) is 4.50. The van der Waals surface area contributed by atoms with Crippen molar-refractivity contribution in [2.45, 2.75) is 45.6 Å². The predicted molar refractivity (Wildman–Crippen MR) is 99.9 cm³/mol. The molecule has 2 amide bonds. The molecule has 7 heteroatoms. The van der Waals surface area contributed by atoms with Crippen LogP contribution in [-0.2, 0) is 14.3 Å². The number of carboxylic acid groups (broad SMARTS) is 1. The van der Waals surface area contributed by atoms with Crippen LogP contribution in [0.4, 0.5) is 4.79 Å². The molecule has 1 atom stereocenters. The van der Waals surface area contributed by atoms with Crippen molar-refractivity contribution in [1.82, 2.24) is 10.2 Å². The number of rotatable bonds is 9. The van der Waals surface area contributed by atoms with Crippen molar-refractivity contribution in [1.29, 1.82) is 0 Å². The van der Waals surface area contributed by atoms with E-state index >= 15 is 0 Å². The second kappa shape index (κ2) is 9.75. The zero-order chi connectivity index (χ0) is 19.8. The predicted octanol–water partition coefficient (Wildman–Crippen LogP) is 3.24. The zero-order valence-electron chi connectivity index (χ0n) is 15.7. The number of carboxylic acids is 1. The van der Waals surface area contributed by atoms with Crippen LogP contribution in [0, 0.1) is 0 Å². The molecule has 27 heavy (non-hydrogen) atoms. The normalized spacial score (nSPS) is 16.9. The number of benzene rings is 1. The first-order valence-electron chi connectivity index (χ1n) is 9.18. The van der Waals surface area contributed by atoms with E-state index in [9.17, 15) is 14.4 Å². The Labute approximate surface area is 159 Å². The summed E-state index contributed by atoms with van der Waals surface area (Å²) in [7, 11) is 0. The van der Waals surface area contributed by atoms with E-state index < -0.39 is 18.0 Å². The van der Waals surface area contributed by atoms with Crippen molar-refractivity contribution in [3.63, 3.8) is 0 Å². The molecule has 0 bridgehead atoms. The molecule has 0 radical (unpaired) electrons. The molecule has 1 aliphatic rings. The Balaban J connectivity index is 2.21. The highest BCUT2D eigenvalue weighted by Gasteiger charge is 2.36. The van der Waals surface area contributed by atoms with Crippen LogP contribution in [0.2, 0.25) is 0 Å². The first-order chi connectivity index (χ1) is 13.0. The number of hydrogen-bond acceptors (Lipinski definition) is 4. The van der Waals surface area contributed by atoms with Crippen LogP contribution in [0.5, 0.6) is 0 Å². The molecule has 2 N–H and O–H groups in total. The number of esters is 1. The van der Waals surface area contributed by atoms with Gasteiger partial charge in [-0.3, -0.25) is 9.69 Å². The number of aliphatic carboxylic acids is 1. The highest BCUT2D eigenvalue weighted by atomic mass is 16.5. The number of ether oxygens (including phenoxy) is 1. The lowest BCUT2D eigenvalue weighted by molar-refractivity contribution is -0.139. The van der Waals surface area contributed by atoms with Crippen molar-refractivity contribution >= 4 is 18.0 Å². The minimum Gasteiger partial charge on any atom is -0.481 e. The number of carbonyl (C=O) groups excluding carboxylic acids is 2. The van der Waals surface area contributed by atoms with Gasteiger partial charge in [-0.2, -0.15) is 0 Å². The number of hydrogen-bond donors (Lipinski definition) is 2. The Morgan fingerprint density at radius 2 is 1.89 bits per heavy atom. The van der Waals surface area contributed by atoms with Gasteiger partial charge in [0, 0.05) is 18.7 Å². The van der Waals surface area contributed by atoms with Crippen molar-refractivity contribution < 1.29 is 24.2 Å². The second-order valence-electron chi connectivity index (χ2n) is 6.37.